The van der Waals surface area contributed by atoms with Crippen LogP contribution in [-0.2, 0) is 6.54 Å². The molecule has 0 aliphatic rings. The maximum Gasteiger partial charge on any atom is 0.288 e. The van der Waals surface area contributed by atoms with Crippen LogP contribution in [0.3, 0.4) is 0 Å². The number of anilines is 1. The molecule has 1 N–H and O–H groups in total. The molecule has 100 valence electrons. The van der Waals surface area contributed by atoms with E-state index in [0.29, 0.717) is 6.54 Å². The quantitative estimate of drug-likeness (QED) is 0.616. The molecule has 0 saturated heterocycles. The summed E-state index contributed by atoms with van der Waals surface area (Å²) in [5, 5.41) is 14.0. The Morgan fingerprint density at radius 1 is 1.47 bits per heavy atom. The molecular formula is C12H10BrClN2O2S. The third-order valence-corrected chi connectivity index (χ3v) is 4.96. The average molecular weight is 362 g/mol. The smallest absolute Gasteiger partial charge is 0.288 e. The van der Waals surface area contributed by atoms with Gasteiger partial charge in [-0.2, -0.15) is 0 Å². The summed E-state index contributed by atoms with van der Waals surface area (Å²) in [5.41, 5.74) is 0.680. The van der Waals surface area contributed by atoms with Gasteiger partial charge in [0.25, 0.3) is 5.69 Å². The fourth-order valence-electron chi connectivity index (χ4n) is 1.56. The molecule has 0 unspecified atom stereocenters. The second kappa shape index (κ2) is 5.90. The number of benzene rings is 1. The van der Waals surface area contributed by atoms with Crippen molar-refractivity contribution in [2.24, 2.45) is 0 Å². The largest absolute Gasteiger partial charge is 0.380 e. The Labute approximate surface area is 127 Å². The highest BCUT2D eigenvalue weighted by Gasteiger charge is 2.12. The minimum atomic E-state index is -0.494. The molecule has 4 nitrogen and oxygen atoms in total. The van der Waals surface area contributed by atoms with Gasteiger partial charge in [-0.05, 0) is 41.1 Å². The SMILES string of the molecule is Cc1sc(CNc2ccc([N+](=O)[O-])c(Cl)c2)cc1Br. The topological polar surface area (TPSA) is 55.2 Å². The van der Waals surface area contributed by atoms with E-state index in [1.165, 1.54) is 15.8 Å². The average Bonchev–Trinajstić information content (AvgIpc) is 2.66. The molecule has 0 saturated carbocycles. The van der Waals surface area contributed by atoms with E-state index in [2.05, 4.69) is 27.3 Å². The molecule has 0 radical (unpaired) electrons. The summed E-state index contributed by atoms with van der Waals surface area (Å²) in [7, 11) is 0. The van der Waals surface area contributed by atoms with E-state index < -0.39 is 4.92 Å². The van der Waals surface area contributed by atoms with Crippen LogP contribution in [0.15, 0.2) is 28.7 Å². The molecule has 0 aliphatic heterocycles. The number of nitro benzene ring substituents is 1. The summed E-state index contributed by atoms with van der Waals surface area (Å²) in [5.74, 6) is 0. The lowest BCUT2D eigenvalue weighted by molar-refractivity contribution is -0.384. The van der Waals surface area contributed by atoms with Crippen molar-refractivity contribution in [2.75, 3.05) is 5.32 Å². The van der Waals surface area contributed by atoms with E-state index in [1.54, 1.807) is 23.5 Å². The summed E-state index contributed by atoms with van der Waals surface area (Å²) < 4.78 is 1.09. The Morgan fingerprint density at radius 2 is 2.21 bits per heavy atom. The molecule has 2 aromatic rings. The lowest BCUT2D eigenvalue weighted by Gasteiger charge is -2.05. The number of thiophene rings is 1. The first-order chi connectivity index (χ1) is 8.97. The lowest BCUT2D eigenvalue weighted by Crippen LogP contribution is -1.98. The van der Waals surface area contributed by atoms with E-state index in [9.17, 15) is 10.1 Å². The van der Waals surface area contributed by atoms with Gasteiger partial charge in [0.15, 0.2) is 0 Å². The second-order valence-electron chi connectivity index (χ2n) is 3.89. The number of hydrogen-bond acceptors (Lipinski definition) is 4. The minimum Gasteiger partial charge on any atom is -0.380 e. The zero-order valence-corrected chi connectivity index (χ0v) is 13.1. The fourth-order valence-corrected chi connectivity index (χ4v) is 3.35. The minimum absolute atomic E-state index is 0.0815. The van der Waals surface area contributed by atoms with Crippen LogP contribution in [0.4, 0.5) is 11.4 Å². The summed E-state index contributed by atoms with van der Waals surface area (Å²) in [4.78, 5) is 12.6. The third-order valence-electron chi connectivity index (χ3n) is 2.52. The van der Waals surface area contributed by atoms with Crippen LogP contribution in [0.5, 0.6) is 0 Å². The van der Waals surface area contributed by atoms with Gasteiger partial charge in [-0.25, -0.2) is 0 Å². The lowest BCUT2D eigenvalue weighted by atomic mass is 10.3. The summed E-state index contributed by atoms with van der Waals surface area (Å²) in [6, 6.07) is 6.68. The maximum absolute atomic E-state index is 10.6. The highest BCUT2D eigenvalue weighted by atomic mass is 79.9. The Kier molecular flexibility index (Phi) is 4.44. The molecule has 0 bridgehead atoms. The normalized spacial score (nSPS) is 10.5. The van der Waals surface area contributed by atoms with Crippen LogP contribution in [0.1, 0.15) is 9.75 Å². The first-order valence-corrected chi connectivity index (χ1v) is 7.38. The van der Waals surface area contributed by atoms with Gasteiger partial charge in [0.1, 0.15) is 5.02 Å². The molecule has 0 atom stereocenters. The number of hydrogen-bond donors (Lipinski definition) is 1. The first-order valence-electron chi connectivity index (χ1n) is 5.40. The van der Waals surface area contributed by atoms with Crippen LogP contribution < -0.4 is 5.32 Å². The van der Waals surface area contributed by atoms with Gasteiger partial charge in [-0.15, -0.1) is 11.3 Å². The number of aryl methyl sites for hydroxylation is 1. The van der Waals surface area contributed by atoms with E-state index in [-0.39, 0.29) is 10.7 Å². The van der Waals surface area contributed by atoms with Crippen LogP contribution in [0.2, 0.25) is 5.02 Å². The van der Waals surface area contributed by atoms with Crippen molar-refractivity contribution in [3.05, 3.63) is 53.6 Å². The van der Waals surface area contributed by atoms with E-state index in [1.807, 2.05) is 6.92 Å². The molecule has 2 rings (SSSR count). The zero-order valence-electron chi connectivity index (χ0n) is 9.94. The van der Waals surface area contributed by atoms with Crippen molar-refractivity contribution in [3.8, 4) is 0 Å². The van der Waals surface area contributed by atoms with E-state index >= 15 is 0 Å². The number of rotatable bonds is 4. The highest BCUT2D eigenvalue weighted by Crippen LogP contribution is 2.29. The van der Waals surface area contributed by atoms with E-state index in [4.69, 9.17) is 11.6 Å². The molecular weight excluding hydrogens is 352 g/mol. The fraction of sp³-hybridized carbons (Fsp3) is 0.167. The Balaban J connectivity index is 2.08. The Hall–Kier alpha value is -1.11. The van der Waals surface area contributed by atoms with Gasteiger partial charge >= 0.3 is 0 Å². The van der Waals surface area contributed by atoms with Gasteiger partial charge in [-0.1, -0.05) is 11.6 Å². The first kappa shape index (κ1) is 14.3. The number of halogens is 2. The molecule has 1 aromatic heterocycles. The number of nitrogens with zero attached hydrogens (tertiary/aromatic N) is 1. The maximum atomic E-state index is 10.6. The van der Waals surface area contributed by atoms with Gasteiger partial charge in [0, 0.05) is 32.5 Å². The summed E-state index contributed by atoms with van der Waals surface area (Å²) in [6.45, 7) is 2.70. The van der Waals surface area contributed by atoms with Crippen LogP contribution >= 0.6 is 38.9 Å². The van der Waals surface area contributed by atoms with Crippen molar-refractivity contribution >= 4 is 50.2 Å². The Bertz CT molecular complexity index is 611. The van der Waals surface area contributed by atoms with Gasteiger partial charge in [0.2, 0.25) is 0 Å². The monoisotopic (exact) mass is 360 g/mol. The molecule has 1 heterocycles. The van der Waals surface area contributed by atoms with Crippen LogP contribution in [0.25, 0.3) is 0 Å². The second-order valence-corrected chi connectivity index (χ2v) is 6.50. The highest BCUT2D eigenvalue weighted by molar-refractivity contribution is 9.10. The van der Waals surface area contributed by atoms with Crippen molar-refractivity contribution < 1.29 is 4.92 Å². The van der Waals surface area contributed by atoms with Gasteiger partial charge < -0.3 is 5.32 Å². The number of nitro groups is 1. The van der Waals surface area contributed by atoms with Crippen molar-refractivity contribution in [1.82, 2.24) is 0 Å². The summed E-state index contributed by atoms with van der Waals surface area (Å²) in [6.07, 6.45) is 0. The van der Waals surface area contributed by atoms with Crippen LogP contribution in [0, 0.1) is 17.0 Å². The molecule has 1 aromatic carbocycles. The molecule has 0 spiro atoms. The molecule has 0 amide bonds. The van der Waals surface area contributed by atoms with Gasteiger partial charge in [-0.3, -0.25) is 10.1 Å². The van der Waals surface area contributed by atoms with Gasteiger partial charge in [0.05, 0.1) is 4.92 Å². The van der Waals surface area contributed by atoms with Crippen molar-refractivity contribution in [2.45, 2.75) is 13.5 Å². The molecule has 7 heteroatoms. The third kappa shape index (κ3) is 3.46. The standard InChI is InChI=1S/C12H10BrClN2O2S/c1-7-10(13)5-9(19-7)6-15-8-2-3-12(16(17)18)11(14)4-8/h2-5,15H,6H2,1H3. The van der Waals surface area contributed by atoms with Crippen molar-refractivity contribution in [1.29, 1.82) is 0 Å². The van der Waals surface area contributed by atoms with Crippen LogP contribution in [-0.4, -0.2) is 4.92 Å². The Morgan fingerprint density at radius 3 is 2.74 bits per heavy atom. The predicted octanol–water partition coefficient (Wildman–Crippen LogP) is 4.99. The number of nitrogens with one attached hydrogen (secondary N) is 1. The summed E-state index contributed by atoms with van der Waals surface area (Å²) >= 11 is 11.0. The molecule has 19 heavy (non-hydrogen) atoms. The predicted molar refractivity (Wildman–Crippen MR) is 82.2 cm³/mol. The zero-order chi connectivity index (χ0) is 14.0. The molecule has 0 fully saturated rings. The molecule has 0 aliphatic carbocycles. The van der Waals surface area contributed by atoms with E-state index in [0.717, 1.165) is 10.2 Å². The van der Waals surface area contributed by atoms with Crippen molar-refractivity contribution in [3.63, 3.8) is 0 Å².